The Morgan fingerprint density at radius 3 is 2.62 bits per heavy atom. The molecule has 0 amide bonds. The van der Waals surface area contributed by atoms with Crippen molar-refractivity contribution in [3.05, 3.63) is 53.4 Å². The SMILES string of the molecule is CCNC(=NCc1cc(CC)no1)NCC(C)(O)c1ccccc1. The molecule has 1 aromatic carbocycles. The highest BCUT2D eigenvalue weighted by Crippen LogP contribution is 2.18. The van der Waals surface area contributed by atoms with E-state index in [-0.39, 0.29) is 0 Å². The molecule has 0 aliphatic carbocycles. The summed E-state index contributed by atoms with van der Waals surface area (Å²) in [4.78, 5) is 4.48. The molecule has 130 valence electrons. The van der Waals surface area contributed by atoms with Crippen LogP contribution >= 0.6 is 0 Å². The summed E-state index contributed by atoms with van der Waals surface area (Å²) in [5.74, 6) is 1.35. The Hall–Kier alpha value is -2.34. The van der Waals surface area contributed by atoms with Crippen LogP contribution in [-0.2, 0) is 18.6 Å². The van der Waals surface area contributed by atoms with Crippen molar-refractivity contribution in [1.29, 1.82) is 0 Å². The van der Waals surface area contributed by atoms with E-state index in [0.717, 1.165) is 30.0 Å². The van der Waals surface area contributed by atoms with Crippen molar-refractivity contribution in [3.8, 4) is 0 Å². The molecule has 24 heavy (non-hydrogen) atoms. The second kappa shape index (κ2) is 8.49. The van der Waals surface area contributed by atoms with Gasteiger partial charge in [0.05, 0.1) is 12.2 Å². The number of nitrogens with zero attached hydrogens (tertiary/aromatic N) is 2. The van der Waals surface area contributed by atoms with Gasteiger partial charge in [0.2, 0.25) is 0 Å². The number of aliphatic hydroxyl groups is 1. The van der Waals surface area contributed by atoms with Gasteiger partial charge in [-0.25, -0.2) is 4.99 Å². The van der Waals surface area contributed by atoms with Crippen molar-refractivity contribution >= 4 is 5.96 Å². The van der Waals surface area contributed by atoms with Gasteiger partial charge in [-0.15, -0.1) is 0 Å². The predicted molar refractivity (Wildman–Crippen MR) is 94.7 cm³/mol. The number of aryl methyl sites for hydroxylation is 1. The van der Waals surface area contributed by atoms with Crippen molar-refractivity contribution in [2.45, 2.75) is 39.3 Å². The zero-order valence-corrected chi connectivity index (χ0v) is 14.5. The zero-order valence-electron chi connectivity index (χ0n) is 14.5. The van der Waals surface area contributed by atoms with E-state index in [1.54, 1.807) is 6.92 Å². The monoisotopic (exact) mass is 330 g/mol. The van der Waals surface area contributed by atoms with Crippen molar-refractivity contribution in [2.75, 3.05) is 13.1 Å². The largest absolute Gasteiger partial charge is 0.384 e. The molecule has 1 atom stereocenters. The Bertz CT molecular complexity index is 650. The van der Waals surface area contributed by atoms with Crippen LogP contribution < -0.4 is 10.6 Å². The predicted octanol–water partition coefficient (Wildman–Crippen LogP) is 2.20. The molecular weight excluding hydrogens is 304 g/mol. The first kappa shape index (κ1) is 18.0. The average Bonchev–Trinajstić information content (AvgIpc) is 3.06. The number of nitrogens with one attached hydrogen (secondary N) is 2. The normalized spacial score (nSPS) is 14.2. The quantitative estimate of drug-likeness (QED) is 0.535. The third kappa shape index (κ3) is 5.09. The number of benzene rings is 1. The first-order valence-corrected chi connectivity index (χ1v) is 8.29. The van der Waals surface area contributed by atoms with E-state index < -0.39 is 5.60 Å². The van der Waals surface area contributed by atoms with Gasteiger partial charge in [-0.1, -0.05) is 42.4 Å². The van der Waals surface area contributed by atoms with Crippen molar-refractivity contribution in [3.63, 3.8) is 0 Å². The van der Waals surface area contributed by atoms with Crippen LogP contribution in [0.3, 0.4) is 0 Å². The summed E-state index contributed by atoms with van der Waals surface area (Å²) in [5.41, 5.74) is 0.792. The van der Waals surface area contributed by atoms with Gasteiger partial charge in [0.15, 0.2) is 11.7 Å². The van der Waals surface area contributed by atoms with Crippen LogP contribution in [0.4, 0.5) is 0 Å². The van der Waals surface area contributed by atoms with E-state index in [1.165, 1.54) is 0 Å². The fourth-order valence-electron chi connectivity index (χ4n) is 2.25. The van der Waals surface area contributed by atoms with Crippen LogP contribution in [0.5, 0.6) is 0 Å². The first-order valence-electron chi connectivity index (χ1n) is 8.29. The third-order valence-electron chi connectivity index (χ3n) is 3.70. The van der Waals surface area contributed by atoms with Crippen LogP contribution in [0.2, 0.25) is 0 Å². The molecule has 3 N–H and O–H groups in total. The second-order valence-electron chi connectivity index (χ2n) is 5.83. The van der Waals surface area contributed by atoms with Crippen LogP contribution in [0.15, 0.2) is 45.9 Å². The maximum Gasteiger partial charge on any atom is 0.191 e. The second-order valence-corrected chi connectivity index (χ2v) is 5.83. The topological polar surface area (TPSA) is 82.7 Å². The molecule has 0 radical (unpaired) electrons. The first-order chi connectivity index (χ1) is 11.5. The summed E-state index contributed by atoms with van der Waals surface area (Å²) in [5, 5.41) is 20.9. The molecule has 0 aliphatic rings. The Labute approximate surface area is 143 Å². The van der Waals surface area contributed by atoms with Crippen LogP contribution in [0, 0.1) is 0 Å². The minimum atomic E-state index is -0.987. The minimum Gasteiger partial charge on any atom is -0.384 e. The lowest BCUT2D eigenvalue weighted by Crippen LogP contribution is -2.44. The number of aromatic nitrogens is 1. The third-order valence-corrected chi connectivity index (χ3v) is 3.70. The molecule has 0 saturated heterocycles. The number of guanidine groups is 1. The molecule has 0 fully saturated rings. The maximum absolute atomic E-state index is 10.6. The maximum atomic E-state index is 10.6. The van der Waals surface area contributed by atoms with E-state index >= 15 is 0 Å². The summed E-state index contributed by atoms with van der Waals surface area (Å²) < 4.78 is 5.24. The van der Waals surface area contributed by atoms with E-state index in [9.17, 15) is 5.11 Å². The zero-order chi connectivity index (χ0) is 17.4. The average molecular weight is 330 g/mol. The Morgan fingerprint density at radius 1 is 1.25 bits per heavy atom. The van der Waals surface area contributed by atoms with Gasteiger partial charge >= 0.3 is 0 Å². The molecule has 2 rings (SSSR count). The molecule has 1 heterocycles. The molecule has 0 spiro atoms. The summed E-state index contributed by atoms with van der Waals surface area (Å²) >= 11 is 0. The molecule has 2 aromatic rings. The van der Waals surface area contributed by atoms with Crippen molar-refractivity contribution in [2.24, 2.45) is 4.99 Å². The highest BCUT2D eigenvalue weighted by atomic mass is 16.5. The molecular formula is C18H26N4O2. The highest BCUT2D eigenvalue weighted by molar-refractivity contribution is 5.79. The molecule has 1 unspecified atom stereocenters. The standard InChI is InChI=1S/C18H26N4O2/c1-4-15-11-16(24-22-15)12-20-17(19-5-2)21-13-18(3,23)14-9-7-6-8-10-14/h6-11,23H,4-5,12-13H2,1-3H3,(H2,19,20,21). The minimum absolute atomic E-state index is 0.347. The number of rotatable bonds is 7. The lowest BCUT2D eigenvalue weighted by atomic mass is 9.96. The summed E-state index contributed by atoms with van der Waals surface area (Å²) in [7, 11) is 0. The number of hydrogen-bond acceptors (Lipinski definition) is 4. The van der Waals surface area contributed by atoms with Crippen molar-refractivity contribution < 1.29 is 9.63 Å². The smallest absolute Gasteiger partial charge is 0.191 e. The Kier molecular flexibility index (Phi) is 6.37. The summed E-state index contributed by atoms with van der Waals surface area (Å²) in [6.07, 6.45) is 0.839. The van der Waals surface area contributed by atoms with Gasteiger partial charge in [-0.2, -0.15) is 0 Å². The van der Waals surface area contributed by atoms with Gasteiger partial charge in [0.1, 0.15) is 12.1 Å². The van der Waals surface area contributed by atoms with Crippen LogP contribution in [0.25, 0.3) is 0 Å². The number of aliphatic imine (C=N–C) groups is 1. The van der Waals surface area contributed by atoms with E-state index in [4.69, 9.17) is 4.52 Å². The van der Waals surface area contributed by atoms with Gasteiger partial charge in [0, 0.05) is 12.6 Å². The Morgan fingerprint density at radius 2 is 2.00 bits per heavy atom. The van der Waals surface area contributed by atoms with Gasteiger partial charge in [-0.05, 0) is 25.8 Å². The molecule has 6 nitrogen and oxygen atoms in total. The lowest BCUT2D eigenvalue weighted by Gasteiger charge is -2.25. The summed E-state index contributed by atoms with van der Waals surface area (Å²) in [6.45, 7) is 7.28. The fourth-order valence-corrected chi connectivity index (χ4v) is 2.25. The fraction of sp³-hybridized carbons (Fsp3) is 0.444. The molecule has 0 bridgehead atoms. The molecule has 0 aliphatic heterocycles. The van der Waals surface area contributed by atoms with Gasteiger partial charge in [0.25, 0.3) is 0 Å². The van der Waals surface area contributed by atoms with E-state index in [0.29, 0.717) is 19.0 Å². The van der Waals surface area contributed by atoms with E-state index in [1.807, 2.05) is 50.2 Å². The van der Waals surface area contributed by atoms with Crippen LogP contribution in [0.1, 0.15) is 37.8 Å². The Balaban J connectivity index is 1.98. The lowest BCUT2D eigenvalue weighted by molar-refractivity contribution is 0.0617. The number of hydrogen-bond donors (Lipinski definition) is 3. The van der Waals surface area contributed by atoms with Gasteiger partial charge < -0.3 is 20.3 Å². The van der Waals surface area contributed by atoms with Crippen LogP contribution in [-0.4, -0.2) is 29.3 Å². The van der Waals surface area contributed by atoms with Gasteiger partial charge in [-0.3, -0.25) is 0 Å². The molecule has 1 aromatic heterocycles. The molecule has 0 saturated carbocycles. The highest BCUT2D eigenvalue weighted by Gasteiger charge is 2.22. The van der Waals surface area contributed by atoms with Crippen molar-refractivity contribution in [1.82, 2.24) is 15.8 Å². The summed E-state index contributed by atoms with van der Waals surface area (Å²) in [6, 6.07) is 11.5. The van der Waals surface area contributed by atoms with E-state index in [2.05, 4.69) is 20.8 Å². The molecule has 6 heteroatoms.